The first-order valence-corrected chi connectivity index (χ1v) is 10.4. The number of aromatic amines is 1. The van der Waals surface area contributed by atoms with Gasteiger partial charge in [-0.25, -0.2) is 9.78 Å². The monoisotopic (exact) mass is 397 g/mol. The lowest BCUT2D eigenvalue weighted by Gasteiger charge is -2.33. The lowest BCUT2D eigenvalue weighted by atomic mass is 9.78. The third-order valence-electron chi connectivity index (χ3n) is 5.96. The summed E-state index contributed by atoms with van der Waals surface area (Å²) in [5.41, 5.74) is 2.84. The normalized spacial score (nSPS) is 21.5. The molecular formula is C23H31N3O3. The molecule has 1 spiro atoms. The molecule has 1 aromatic heterocycles. The number of nitrogens with zero attached hydrogens (tertiary/aromatic N) is 2. The zero-order valence-corrected chi connectivity index (χ0v) is 17.8. The van der Waals surface area contributed by atoms with Crippen LogP contribution in [0.15, 0.2) is 30.5 Å². The molecule has 1 atom stereocenters. The van der Waals surface area contributed by atoms with Crippen LogP contribution < -0.4 is 0 Å². The molecule has 0 unspecified atom stereocenters. The SMILES string of the molecule is Cc1ccc(-c2cnc([C@@H]3CC4(CCOCC4)CN3C(=O)OC(C)(C)C)[nH]2)cc1. The van der Waals surface area contributed by atoms with Gasteiger partial charge in [0.05, 0.1) is 17.9 Å². The molecule has 29 heavy (non-hydrogen) atoms. The Labute approximate surface area is 172 Å². The molecule has 0 bridgehead atoms. The van der Waals surface area contributed by atoms with Crippen LogP contribution in [0, 0.1) is 12.3 Å². The van der Waals surface area contributed by atoms with Crippen LogP contribution in [0.3, 0.4) is 0 Å². The number of aromatic nitrogens is 2. The molecule has 4 rings (SSSR count). The number of rotatable bonds is 2. The van der Waals surface area contributed by atoms with Gasteiger partial charge in [-0.05, 0) is 57.9 Å². The Kier molecular flexibility index (Phi) is 5.15. The molecular weight excluding hydrogens is 366 g/mol. The number of hydrogen-bond acceptors (Lipinski definition) is 4. The van der Waals surface area contributed by atoms with Crippen molar-refractivity contribution in [1.29, 1.82) is 0 Å². The molecule has 3 heterocycles. The molecule has 2 saturated heterocycles. The topological polar surface area (TPSA) is 67.4 Å². The molecule has 2 fully saturated rings. The predicted octanol–water partition coefficient (Wildman–Crippen LogP) is 4.86. The van der Waals surface area contributed by atoms with Crippen LogP contribution in [-0.2, 0) is 9.47 Å². The molecule has 156 valence electrons. The van der Waals surface area contributed by atoms with Crippen LogP contribution in [0.25, 0.3) is 11.3 Å². The number of aryl methyl sites for hydroxylation is 1. The second kappa shape index (κ2) is 7.48. The van der Waals surface area contributed by atoms with Crippen LogP contribution in [0.1, 0.15) is 57.5 Å². The Balaban J connectivity index is 1.62. The number of nitrogens with one attached hydrogen (secondary N) is 1. The summed E-state index contributed by atoms with van der Waals surface area (Å²) < 4.78 is 11.3. The van der Waals surface area contributed by atoms with Gasteiger partial charge in [-0.2, -0.15) is 0 Å². The van der Waals surface area contributed by atoms with Crippen molar-refractivity contribution in [2.45, 2.75) is 58.6 Å². The van der Waals surface area contributed by atoms with Gasteiger partial charge in [0, 0.05) is 19.8 Å². The largest absolute Gasteiger partial charge is 0.444 e. The minimum atomic E-state index is -0.525. The van der Waals surface area contributed by atoms with Crippen molar-refractivity contribution in [2.75, 3.05) is 19.8 Å². The molecule has 0 aliphatic carbocycles. The number of carbonyl (C=O) groups is 1. The van der Waals surface area contributed by atoms with Crippen molar-refractivity contribution in [3.05, 3.63) is 41.9 Å². The van der Waals surface area contributed by atoms with Crippen molar-refractivity contribution >= 4 is 6.09 Å². The quantitative estimate of drug-likeness (QED) is 0.785. The lowest BCUT2D eigenvalue weighted by Crippen LogP contribution is -2.39. The fraction of sp³-hybridized carbons (Fsp3) is 0.565. The molecule has 2 aliphatic heterocycles. The smallest absolute Gasteiger partial charge is 0.410 e. The zero-order valence-electron chi connectivity index (χ0n) is 17.8. The van der Waals surface area contributed by atoms with Crippen LogP contribution in [-0.4, -0.2) is 46.3 Å². The Morgan fingerprint density at radius 3 is 2.59 bits per heavy atom. The Bertz CT molecular complexity index is 860. The first-order chi connectivity index (χ1) is 13.7. The van der Waals surface area contributed by atoms with Gasteiger partial charge in [0.15, 0.2) is 0 Å². The summed E-state index contributed by atoms with van der Waals surface area (Å²) in [6, 6.07) is 8.26. The minimum absolute atomic E-state index is 0.0800. The maximum Gasteiger partial charge on any atom is 0.410 e. The summed E-state index contributed by atoms with van der Waals surface area (Å²) in [5, 5.41) is 0. The molecule has 0 radical (unpaired) electrons. The molecule has 1 N–H and O–H groups in total. The number of benzene rings is 1. The van der Waals surface area contributed by atoms with E-state index in [0.717, 1.165) is 49.6 Å². The summed E-state index contributed by atoms with van der Waals surface area (Å²) >= 11 is 0. The van der Waals surface area contributed by atoms with Crippen LogP contribution >= 0.6 is 0 Å². The van der Waals surface area contributed by atoms with E-state index in [2.05, 4.69) is 41.2 Å². The molecule has 6 heteroatoms. The first-order valence-electron chi connectivity index (χ1n) is 10.4. The summed E-state index contributed by atoms with van der Waals surface area (Å²) in [4.78, 5) is 23.0. The average molecular weight is 398 g/mol. The van der Waals surface area contributed by atoms with Crippen molar-refractivity contribution in [3.63, 3.8) is 0 Å². The zero-order chi connectivity index (χ0) is 20.6. The highest BCUT2D eigenvalue weighted by Gasteiger charge is 2.49. The van der Waals surface area contributed by atoms with E-state index in [-0.39, 0.29) is 17.6 Å². The standard InChI is InChI=1S/C23H31N3O3/c1-16-5-7-17(8-6-16)18-14-24-20(25-18)19-13-23(9-11-28-12-10-23)15-26(19)21(27)29-22(2,3)4/h5-8,14,19H,9-13,15H2,1-4H3,(H,24,25)/t19-/m0/s1. The van der Waals surface area contributed by atoms with E-state index in [1.807, 2.05) is 31.9 Å². The van der Waals surface area contributed by atoms with Crippen molar-refractivity contribution in [1.82, 2.24) is 14.9 Å². The van der Waals surface area contributed by atoms with Gasteiger partial charge in [-0.1, -0.05) is 29.8 Å². The van der Waals surface area contributed by atoms with E-state index >= 15 is 0 Å². The van der Waals surface area contributed by atoms with Gasteiger partial charge in [0.2, 0.25) is 0 Å². The van der Waals surface area contributed by atoms with E-state index < -0.39 is 5.60 Å². The van der Waals surface area contributed by atoms with E-state index in [0.29, 0.717) is 6.54 Å². The third kappa shape index (κ3) is 4.32. The van der Waals surface area contributed by atoms with Gasteiger partial charge in [-0.3, -0.25) is 4.90 Å². The highest BCUT2D eigenvalue weighted by atomic mass is 16.6. The van der Waals surface area contributed by atoms with E-state index in [4.69, 9.17) is 9.47 Å². The predicted molar refractivity (Wildman–Crippen MR) is 112 cm³/mol. The Morgan fingerprint density at radius 1 is 1.24 bits per heavy atom. The van der Waals surface area contributed by atoms with Crippen LogP contribution in [0.4, 0.5) is 4.79 Å². The third-order valence-corrected chi connectivity index (χ3v) is 5.96. The molecule has 2 aliphatic rings. The van der Waals surface area contributed by atoms with Crippen molar-refractivity contribution in [2.24, 2.45) is 5.41 Å². The first kappa shape index (κ1) is 20.0. The fourth-order valence-electron chi connectivity index (χ4n) is 4.37. The molecule has 1 amide bonds. The van der Waals surface area contributed by atoms with Gasteiger partial charge in [0.1, 0.15) is 11.4 Å². The highest BCUT2D eigenvalue weighted by Crippen LogP contribution is 2.48. The molecule has 0 saturated carbocycles. The van der Waals surface area contributed by atoms with E-state index in [9.17, 15) is 4.79 Å². The van der Waals surface area contributed by atoms with Crippen LogP contribution in [0.5, 0.6) is 0 Å². The summed E-state index contributed by atoms with van der Waals surface area (Å²) in [6.45, 7) is 9.99. The second-order valence-corrected chi connectivity index (χ2v) is 9.49. The van der Waals surface area contributed by atoms with Crippen LogP contribution in [0.2, 0.25) is 0 Å². The number of amides is 1. The minimum Gasteiger partial charge on any atom is -0.444 e. The van der Waals surface area contributed by atoms with Gasteiger partial charge in [-0.15, -0.1) is 0 Å². The summed E-state index contributed by atoms with van der Waals surface area (Å²) in [6.07, 6.45) is 4.42. The molecule has 1 aromatic carbocycles. The van der Waals surface area contributed by atoms with E-state index in [1.54, 1.807) is 0 Å². The van der Waals surface area contributed by atoms with Gasteiger partial charge < -0.3 is 14.5 Å². The fourth-order valence-corrected chi connectivity index (χ4v) is 4.37. The summed E-state index contributed by atoms with van der Waals surface area (Å²) in [5.74, 6) is 0.829. The second-order valence-electron chi connectivity index (χ2n) is 9.49. The number of hydrogen-bond donors (Lipinski definition) is 1. The average Bonchev–Trinajstić information content (AvgIpc) is 3.27. The molecule has 2 aromatic rings. The number of imidazole rings is 1. The maximum absolute atomic E-state index is 13.0. The maximum atomic E-state index is 13.0. The Morgan fingerprint density at radius 2 is 1.93 bits per heavy atom. The van der Waals surface area contributed by atoms with E-state index in [1.165, 1.54) is 5.56 Å². The van der Waals surface area contributed by atoms with Crippen molar-refractivity contribution in [3.8, 4) is 11.3 Å². The summed E-state index contributed by atoms with van der Waals surface area (Å²) in [7, 11) is 0. The number of likely N-dealkylation sites (tertiary alicyclic amines) is 1. The highest BCUT2D eigenvalue weighted by molar-refractivity contribution is 5.69. The number of ether oxygens (including phenoxy) is 2. The lowest BCUT2D eigenvalue weighted by molar-refractivity contribution is 0.00700. The number of H-pyrrole nitrogens is 1. The van der Waals surface area contributed by atoms with Gasteiger partial charge in [0.25, 0.3) is 0 Å². The molecule has 6 nitrogen and oxygen atoms in total. The Hall–Kier alpha value is -2.34. The van der Waals surface area contributed by atoms with Crippen molar-refractivity contribution < 1.29 is 14.3 Å². The van der Waals surface area contributed by atoms with Gasteiger partial charge >= 0.3 is 6.09 Å². The number of carbonyl (C=O) groups excluding carboxylic acids is 1.